The van der Waals surface area contributed by atoms with Crippen LogP contribution < -0.4 is 5.32 Å². The molecule has 0 aliphatic rings. The summed E-state index contributed by atoms with van der Waals surface area (Å²) in [5.41, 5.74) is 1.10. The molecule has 1 amide bonds. The van der Waals surface area contributed by atoms with E-state index in [1.165, 1.54) is 31.2 Å². The predicted molar refractivity (Wildman–Crippen MR) is 101 cm³/mol. The number of benzene rings is 2. The van der Waals surface area contributed by atoms with Gasteiger partial charge < -0.3 is 10.4 Å². The van der Waals surface area contributed by atoms with Crippen molar-refractivity contribution in [1.82, 2.24) is 10.2 Å². The lowest BCUT2D eigenvalue weighted by Gasteiger charge is -2.10. The molecule has 150 valence electrons. The molecule has 9 heteroatoms. The van der Waals surface area contributed by atoms with Gasteiger partial charge in [-0.3, -0.25) is 14.7 Å². The van der Waals surface area contributed by atoms with Gasteiger partial charge in [0.2, 0.25) is 11.9 Å². The number of halogens is 3. The van der Waals surface area contributed by atoms with Crippen LogP contribution >= 0.6 is 0 Å². The fourth-order valence-electron chi connectivity index (χ4n) is 2.75. The van der Waals surface area contributed by atoms with E-state index < -0.39 is 29.5 Å². The fraction of sp³-hybridized carbons (Fsp3) is 0.150. The number of rotatable bonds is 6. The topological polar surface area (TPSA) is 95.1 Å². The zero-order chi connectivity index (χ0) is 21.1. The number of fused-ring (bicyclic) bond motifs is 1. The number of hydrogen-bond acceptors (Lipinski definition) is 3. The molecule has 6 nitrogen and oxygen atoms in total. The summed E-state index contributed by atoms with van der Waals surface area (Å²) >= 11 is 0. The highest BCUT2D eigenvalue weighted by atomic mass is 19.1. The summed E-state index contributed by atoms with van der Waals surface area (Å²) < 4.78 is 41.5. The Bertz CT molecular complexity index is 1140. The molecule has 0 fully saturated rings. The standard InChI is InChI=1S/C20H16F3N3O3/c1-10-14(21)6-11(2-5-19(28)29)7-16(10)24-18(27)4-3-12-8-17-13(9-15(12)22)20(23)26-25-17/h3-4,6-9H,2,5H2,1H3,(H,24,27)(H,25,26)(H,28,29). The van der Waals surface area contributed by atoms with Crippen LogP contribution in [0.2, 0.25) is 0 Å². The third-order valence-electron chi connectivity index (χ3n) is 4.34. The van der Waals surface area contributed by atoms with Crippen LogP contribution in [0.4, 0.5) is 18.9 Å². The van der Waals surface area contributed by atoms with Crippen molar-refractivity contribution in [2.24, 2.45) is 0 Å². The minimum absolute atomic E-state index is 0.00613. The van der Waals surface area contributed by atoms with Gasteiger partial charge in [0.05, 0.1) is 10.9 Å². The van der Waals surface area contributed by atoms with Crippen LogP contribution in [0.25, 0.3) is 17.0 Å². The van der Waals surface area contributed by atoms with Crippen LogP contribution in [-0.2, 0) is 16.0 Å². The number of carbonyl (C=O) groups excluding carboxylic acids is 1. The first-order chi connectivity index (χ1) is 13.7. The number of carboxylic acid groups (broad SMARTS) is 1. The molecule has 29 heavy (non-hydrogen) atoms. The molecular formula is C20H16F3N3O3. The van der Waals surface area contributed by atoms with Gasteiger partial charge in [0, 0.05) is 29.3 Å². The molecule has 0 unspecified atom stereocenters. The van der Waals surface area contributed by atoms with Crippen LogP contribution in [0.1, 0.15) is 23.1 Å². The number of hydrogen-bond donors (Lipinski definition) is 3. The van der Waals surface area contributed by atoms with E-state index in [4.69, 9.17) is 5.11 Å². The Balaban J connectivity index is 1.78. The maximum Gasteiger partial charge on any atom is 0.303 e. The van der Waals surface area contributed by atoms with Gasteiger partial charge in [-0.2, -0.15) is 4.39 Å². The summed E-state index contributed by atoms with van der Waals surface area (Å²) in [6.45, 7) is 1.47. The quantitative estimate of drug-likeness (QED) is 0.543. The average Bonchev–Trinajstić information content (AvgIpc) is 3.01. The van der Waals surface area contributed by atoms with E-state index in [9.17, 15) is 22.8 Å². The molecule has 1 aromatic heterocycles. The van der Waals surface area contributed by atoms with E-state index in [-0.39, 0.29) is 40.6 Å². The molecule has 0 bridgehead atoms. The highest BCUT2D eigenvalue weighted by Crippen LogP contribution is 2.23. The molecule has 3 aromatic rings. The smallest absolute Gasteiger partial charge is 0.303 e. The number of carboxylic acids is 1. The van der Waals surface area contributed by atoms with E-state index in [0.29, 0.717) is 5.56 Å². The number of aromatic nitrogens is 2. The molecule has 0 radical (unpaired) electrons. The second kappa shape index (κ2) is 8.17. The van der Waals surface area contributed by atoms with Crippen LogP contribution in [0, 0.1) is 24.5 Å². The summed E-state index contributed by atoms with van der Waals surface area (Å²) in [5, 5.41) is 17.0. The number of nitrogens with one attached hydrogen (secondary N) is 2. The van der Waals surface area contributed by atoms with Crippen molar-refractivity contribution in [2.45, 2.75) is 19.8 Å². The second-order valence-corrected chi connectivity index (χ2v) is 6.40. The first-order valence-corrected chi connectivity index (χ1v) is 8.57. The molecule has 0 saturated carbocycles. The number of aromatic amines is 1. The zero-order valence-electron chi connectivity index (χ0n) is 15.2. The lowest BCUT2D eigenvalue weighted by atomic mass is 10.0. The van der Waals surface area contributed by atoms with Crippen molar-refractivity contribution < 1.29 is 27.9 Å². The third-order valence-corrected chi connectivity index (χ3v) is 4.34. The van der Waals surface area contributed by atoms with Gasteiger partial charge in [-0.15, -0.1) is 5.10 Å². The lowest BCUT2D eigenvalue weighted by Crippen LogP contribution is -2.10. The van der Waals surface area contributed by atoms with Gasteiger partial charge in [-0.1, -0.05) is 0 Å². The van der Waals surface area contributed by atoms with E-state index in [1.54, 1.807) is 0 Å². The number of nitrogens with zero attached hydrogens (tertiary/aromatic N) is 1. The largest absolute Gasteiger partial charge is 0.481 e. The molecule has 0 saturated heterocycles. The normalized spacial score (nSPS) is 11.3. The first kappa shape index (κ1) is 20.1. The van der Waals surface area contributed by atoms with Gasteiger partial charge in [0.1, 0.15) is 11.6 Å². The molecule has 1 heterocycles. The Labute approximate surface area is 163 Å². The Morgan fingerprint density at radius 1 is 1.17 bits per heavy atom. The van der Waals surface area contributed by atoms with Gasteiger partial charge >= 0.3 is 5.97 Å². The van der Waals surface area contributed by atoms with Gasteiger partial charge in [-0.25, -0.2) is 8.78 Å². The Kier molecular flexibility index (Phi) is 5.67. The predicted octanol–water partition coefficient (Wildman–Crippen LogP) is 3.96. The van der Waals surface area contributed by atoms with Crippen LogP contribution in [0.5, 0.6) is 0 Å². The number of anilines is 1. The van der Waals surface area contributed by atoms with Crippen molar-refractivity contribution in [1.29, 1.82) is 0 Å². The first-order valence-electron chi connectivity index (χ1n) is 8.57. The number of aryl methyl sites for hydroxylation is 1. The van der Waals surface area contributed by atoms with Crippen LogP contribution in [0.15, 0.2) is 30.3 Å². The minimum Gasteiger partial charge on any atom is -0.481 e. The third kappa shape index (κ3) is 4.63. The van der Waals surface area contributed by atoms with Crippen LogP contribution in [0.3, 0.4) is 0 Å². The second-order valence-electron chi connectivity index (χ2n) is 6.40. The fourth-order valence-corrected chi connectivity index (χ4v) is 2.75. The van der Waals surface area contributed by atoms with Gasteiger partial charge in [0.15, 0.2) is 0 Å². The summed E-state index contributed by atoms with van der Waals surface area (Å²) in [7, 11) is 0. The molecule has 3 rings (SSSR count). The number of amides is 1. The number of aliphatic carboxylic acids is 1. The summed E-state index contributed by atoms with van der Waals surface area (Å²) in [4.78, 5) is 22.9. The molecule has 2 aromatic carbocycles. The van der Waals surface area contributed by atoms with E-state index in [1.807, 2.05) is 0 Å². The minimum atomic E-state index is -1.02. The molecule has 0 atom stereocenters. The summed E-state index contributed by atoms with van der Waals surface area (Å²) in [5.74, 6) is -3.80. The van der Waals surface area contributed by atoms with E-state index in [2.05, 4.69) is 15.5 Å². The van der Waals surface area contributed by atoms with Crippen molar-refractivity contribution in [3.63, 3.8) is 0 Å². The molecule has 0 aliphatic carbocycles. The van der Waals surface area contributed by atoms with Crippen molar-refractivity contribution in [3.8, 4) is 0 Å². The highest BCUT2D eigenvalue weighted by Gasteiger charge is 2.12. The van der Waals surface area contributed by atoms with Gasteiger partial charge in [-0.05, 0) is 49.2 Å². The lowest BCUT2D eigenvalue weighted by molar-refractivity contribution is -0.137. The van der Waals surface area contributed by atoms with E-state index >= 15 is 0 Å². The number of H-pyrrole nitrogens is 1. The van der Waals surface area contributed by atoms with Crippen molar-refractivity contribution in [3.05, 3.63) is 64.6 Å². The Morgan fingerprint density at radius 2 is 1.93 bits per heavy atom. The van der Waals surface area contributed by atoms with E-state index in [0.717, 1.165) is 12.1 Å². The summed E-state index contributed by atoms with van der Waals surface area (Å²) in [6.07, 6.45) is 2.18. The molecular weight excluding hydrogens is 387 g/mol. The Morgan fingerprint density at radius 3 is 2.66 bits per heavy atom. The van der Waals surface area contributed by atoms with Crippen LogP contribution in [-0.4, -0.2) is 27.2 Å². The SMILES string of the molecule is Cc1c(F)cc(CCC(=O)O)cc1NC(=O)C=Cc1cc2[nH]nc(F)c2cc1F. The monoisotopic (exact) mass is 403 g/mol. The number of carbonyl (C=O) groups is 2. The molecule has 3 N–H and O–H groups in total. The van der Waals surface area contributed by atoms with Crippen molar-refractivity contribution in [2.75, 3.05) is 5.32 Å². The average molecular weight is 403 g/mol. The Hall–Kier alpha value is -3.62. The molecule has 0 spiro atoms. The maximum absolute atomic E-state index is 14.1. The van der Waals surface area contributed by atoms with Gasteiger partial charge in [0.25, 0.3) is 0 Å². The van der Waals surface area contributed by atoms with Crippen molar-refractivity contribution >= 4 is 34.5 Å². The maximum atomic E-state index is 14.1. The highest BCUT2D eigenvalue weighted by molar-refractivity contribution is 6.02. The molecule has 0 aliphatic heterocycles. The zero-order valence-corrected chi connectivity index (χ0v) is 15.2. The summed E-state index contributed by atoms with van der Waals surface area (Å²) in [6, 6.07) is 4.99.